The molecule has 2 atom stereocenters. The first-order valence-electron chi connectivity index (χ1n) is 3.67. The molecule has 0 spiro atoms. The molecule has 0 bridgehead atoms. The largest absolute Gasteiger partial charge is 0.394 e. The zero-order valence-corrected chi connectivity index (χ0v) is 7.58. The predicted molar refractivity (Wildman–Crippen MR) is 47.1 cm³/mol. The van der Waals surface area contributed by atoms with Gasteiger partial charge in [-0.3, -0.25) is 0 Å². The molecule has 1 aromatic heterocycles. The van der Waals surface area contributed by atoms with E-state index in [1.54, 1.807) is 6.07 Å². The van der Waals surface area contributed by atoms with Crippen LogP contribution in [0.15, 0.2) is 11.4 Å². The molecule has 0 aliphatic heterocycles. The van der Waals surface area contributed by atoms with Gasteiger partial charge in [0, 0.05) is 4.88 Å². The number of rotatable bonds is 3. The fourth-order valence-electron chi connectivity index (χ4n) is 1.01. The molecule has 0 saturated heterocycles. The molecule has 2 unspecified atom stereocenters. The molecule has 0 fully saturated rings. The summed E-state index contributed by atoms with van der Waals surface area (Å²) in [5, 5.41) is 29.0. The van der Waals surface area contributed by atoms with Gasteiger partial charge in [0.15, 0.2) is 0 Å². The maximum atomic E-state index is 9.46. The molecular weight excluding hydrogens is 176 g/mol. The van der Waals surface area contributed by atoms with Gasteiger partial charge in [0.25, 0.3) is 0 Å². The number of aryl methyl sites for hydroxylation is 1. The molecular formula is C8H12O3S. The van der Waals surface area contributed by atoms with Crippen LogP contribution in [0.4, 0.5) is 0 Å². The Hall–Kier alpha value is -0.420. The van der Waals surface area contributed by atoms with Gasteiger partial charge < -0.3 is 15.3 Å². The quantitative estimate of drug-likeness (QED) is 0.645. The van der Waals surface area contributed by atoms with Gasteiger partial charge in [-0.2, -0.15) is 0 Å². The monoisotopic (exact) mass is 188 g/mol. The molecule has 1 aromatic rings. The third kappa shape index (κ3) is 1.84. The molecule has 1 rings (SSSR count). The summed E-state index contributed by atoms with van der Waals surface area (Å²) in [6.07, 6.45) is -2.06. The minimum Gasteiger partial charge on any atom is -0.394 e. The van der Waals surface area contributed by atoms with Gasteiger partial charge in [0.2, 0.25) is 0 Å². The predicted octanol–water partition coefficient (Wildman–Crippen LogP) is 0.443. The Balaban J connectivity index is 2.77. The molecule has 0 saturated carbocycles. The van der Waals surface area contributed by atoms with E-state index < -0.39 is 18.8 Å². The second-order valence-corrected chi connectivity index (χ2v) is 3.75. The summed E-state index contributed by atoms with van der Waals surface area (Å²) in [5.41, 5.74) is 0.696. The Morgan fingerprint density at radius 3 is 2.58 bits per heavy atom. The molecule has 0 amide bonds. The van der Waals surface area contributed by atoms with Gasteiger partial charge in [-0.15, -0.1) is 11.3 Å². The smallest absolute Gasteiger partial charge is 0.108 e. The minimum atomic E-state index is -1.08. The second-order valence-electron chi connectivity index (χ2n) is 2.63. The summed E-state index contributed by atoms with van der Waals surface area (Å²) < 4.78 is 0. The van der Waals surface area contributed by atoms with E-state index in [1.807, 2.05) is 12.3 Å². The van der Waals surface area contributed by atoms with Gasteiger partial charge in [0.1, 0.15) is 12.2 Å². The highest BCUT2D eigenvalue weighted by Crippen LogP contribution is 2.24. The fourth-order valence-corrected chi connectivity index (χ4v) is 1.75. The second kappa shape index (κ2) is 4.00. The number of hydrogen-bond acceptors (Lipinski definition) is 4. The highest BCUT2D eigenvalue weighted by atomic mass is 32.1. The summed E-state index contributed by atoms with van der Waals surface area (Å²) in [6.45, 7) is 1.45. The van der Waals surface area contributed by atoms with Crippen molar-refractivity contribution in [3.63, 3.8) is 0 Å². The van der Waals surface area contributed by atoms with E-state index in [0.717, 1.165) is 4.88 Å². The third-order valence-electron chi connectivity index (χ3n) is 1.77. The zero-order valence-electron chi connectivity index (χ0n) is 6.77. The van der Waals surface area contributed by atoms with Crippen LogP contribution in [0.5, 0.6) is 0 Å². The Bertz CT molecular complexity index is 246. The van der Waals surface area contributed by atoms with Crippen LogP contribution in [-0.4, -0.2) is 28.0 Å². The normalized spacial score (nSPS) is 16.0. The van der Waals surface area contributed by atoms with Crippen molar-refractivity contribution < 1.29 is 15.3 Å². The van der Waals surface area contributed by atoms with Crippen LogP contribution in [0.25, 0.3) is 0 Å². The van der Waals surface area contributed by atoms with Crippen LogP contribution in [0, 0.1) is 6.92 Å². The molecule has 3 nitrogen and oxygen atoms in total. The van der Waals surface area contributed by atoms with Crippen molar-refractivity contribution in [1.29, 1.82) is 0 Å². The molecule has 68 valence electrons. The lowest BCUT2D eigenvalue weighted by Crippen LogP contribution is -2.22. The van der Waals surface area contributed by atoms with Gasteiger partial charge in [-0.05, 0) is 23.9 Å². The number of aliphatic hydroxyl groups is 3. The molecule has 0 aromatic carbocycles. The molecule has 4 heteroatoms. The van der Waals surface area contributed by atoms with Gasteiger partial charge in [-0.25, -0.2) is 0 Å². The van der Waals surface area contributed by atoms with E-state index >= 15 is 0 Å². The summed E-state index contributed by atoms with van der Waals surface area (Å²) >= 11 is 1.51. The van der Waals surface area contributed by atoms with Gasteiger partial charge in [-0.1, -0.05) is 0 Å². The standard InChI is InChI=1S/C8H12O3S/c1-5-6(2-3-12-5)8(11)7(10)4-9/h2-3,7-11H,4H2,1H3. The van der Waals surface area contributed by atoms with Crippen molar-refractivity contribution in [3.05, 3.63) is 21.9 Å². The third-order valence-corrected chi connectivity index (χ3v) is 2.63. The van der Waals surface area contributed by atoms with Crippen molar-refractivity contribution in [2.45, 2.75) is 19.1 Å². The highest BCUT2D eigenvalue weighted by Gasteiger charge is 2.19. The van der Waals surface area contributed by atoms with E-state index in [0.29, 0.717) is 5.56 Å². The van der Waals surface area contributed by atoms with Crippen LogP contribution in [0.2, 0.25) is 0 Å². The van der Waals surface area contributed by atoms with Crippen molar-refractivity contribution in [1.82, 2.24) is 0 Å². The maximum Gasteiger partial charge on any atom is 0.108 e. The van der Waals surface area contributed by atoms with E-state index in [-0.39, 0.29) is 0 Å². The van der Waals surface area contributed by atoms with Crippen molar-refractivity contribution in [2.24, 2.45) is 0 Å². The van der Waals surface area contributed by atoms with Crippen molar-refractivity contribution in [3.8, 4) is 0 Å². The summed E-state index contributed by atoms with van der Waals surface area (Å²) in [5.74, 6) is 0. The first-order valence-corrected chi connectivity index (χ1v) is 4.55. The number of thiophene rings is 1. The molecule has 3 N–H and O–H groups in total. The van der Waals surface area contributed by atoms with E-state index in [9.17, 15) is 5.11 Å². The maximum absolute atomic E-state index is 9.46. The van der Waals surface area contributed by atoms with Crippen LogP contribution in [0.1, 0.15) is 16.5 Å². The Morgan fingerprint density at radius 2 is 2.17 bits per heavy atom. The first-order chi connectivity index (χ1) is 5.66. The average Bonchev–Trinajstić information content (AvgIpc) is 2.48. The lowest BCUT2D eigenvalue weighted by molar-refractivity contribution is -0.0153. The molecule has 0 radical (unpaired) electrons. The molecule has 0 aliphatic rings. The number of aliphatic hydroxyl groups excluding tert-OH is 3. The van der Waals surface area contributed by atoms with E-state index in [1.165, 1.54) is 11.3 Å². The Kier molecular flexibility index (Phi) is 3.22. The summed E-state index contributed by atoms with van der Waals surface area (Å²) in [6, 6.07) is 1.75. The van der Waals surface area contributed by atoms with Crippen molar-refractivity contribution in [2.75, 3.05) is 6.61 Å². The Labute approximate surface area is 74.9 Å². The number of hydrogen-bond donors (Lipinski definition) is 3. The summed E-state index contributed by atoms with van der Waals surface area (Å²) in [4.78, 5) is 0.968. The van der Waals surface area contributed by atoms with Gasteiger partial charge in [0.05, 0.1) is 6.61 Å². The van der Waals surface area contributed by atoms with E-state index in [4.69, 9.17) is 10.2 Å². The van der Waals surface area contributed by atoms with E-state index in [2.05, 4.69) is 0 Å². The van der Waals surface area contributed by atoms with Crippen LogP contribution in [0.3, 0.4) is 0 Å². The summed E-state index contributed by atoms with van der Waals surface area (Å²) in [7, 11) is 0. The topological polar surface area (TPSA) is 60.7 Å². The fraction of sp³-hybridized carbons (Fsp3) is 0.500. The van der Waals surface area contributed by atoms with Crippen LogP contribution < -0.4 is 0 Å². The van der Waals surface area contributed by atoms with Crippen molar-refractivity contribution >= 4 is 11.3 Å². The molecule has 1 heterocycles. The SMILES string of the molecule is Cc1sccc1C(O)C(O)CO. The molecule has 0 aliphatic carbocycles. The average molecular weight is 188 g/mol. The lowest BCUT2D eigenvalue weighted by atomic mass is 10.1. The highest BCUT2D eigenvalue weighted by molar-refractivity contribution is 7.10. The van der Waals surface area contributed by atoms with Crippen LogP contribution >= 0.6 is 11.3 Å². The first kappa shape index (κ1) is 9.67. The van der Waals surface area contributed by atoms with Gasteiger partial charge >= 0.3 is 0 Å². The zero-order chi connectivity index (χ0) is 9.14. The Morgan fingerprint density at radius 1 is 1.50 bits per heavy atom. The lowest BCUT2D eigenvalue weighted by Gasteiger charge is -2.14. The van der Waals surface area contributed by atoms with Crippen LogP contribution in [-0.2, 0) is 0 Å². The minimum absolute atomic E-state index is 0.420. The molecule has 12 heavy (non-hydrogen) atoms.